The van der Waals surface area contributed by atoms with Crippen LogP contribution in [0, 0.1) is 5.41 Å². The van der Waals surface area contributed by atoms with Crippen LogP contribution in [0.1, 0.15) is 38.5 Å². The van der Waals surface area contributed by atoms with Gasteiger partial charge in [0.25, 0.3) is 5.92 Å². The molecule has 0 atom stereocenters. The van der Waals surface area contributed by atoms with E-state index >= 15 is 0 Å². The highest BCUT2D eigenvalue weighted by Gasteiger charge is 2.54. The SMILES string of the molecule is FC1(F)CCCCC12CCNCC2. The summed E-state index contributed by atoms with van der Waals surface area (Å²) in [6, 6.07) is 0. The Morgan fingerprint density at radius 1 is 0.846 bits per heavy atom. The molecule has 1 saturated carbocycles. The summed E-state index contributed by atoms with van der Waals surface area (Å²) in [5, 5.41) is 3.16. The van der Waals surface area contributed by atoms with Gasteiger partial charge >= 0.3 is 0 Å². The molecule has 1 spiro atoms. The van der Waals surface area contributed by atoms with Crippen LogP contribution in [0.15, 0.2) is 0 Å². The van der Waals surface area contributed by atoms with Crippen molar-refractivity contribution < 1.29 is 8.78 Å². The van der Waals surface area contributed by atoms with E-state index in [9.17, 15) is 8.78 Å². The monoisotopic (exact) mass is 189 g/mol. The zero-order valence-corrected chi connectivity index (χ0v) is 7.91. The maximum Gasteiger partial charge on any atom is 0.253 e. The van der Waals surface area contributed by atoms with E-state index in [1.165, 1.54) is 0 Å². The number of halogens is 2. The van der Waals surface area contributed by atoms with Crippen molar-refractivity contribution in [3.63, 3.8) is 0 Å². The van der Waals surface area contributed by atoms with Crippen LogP contribution in [0.2, 0.25) is 0 Å². The van der Waals surface area contributed by atoms with Crippen LogP contribution in [-0.4, -0.2) is 19.0 Å². The topological polar surface area (TPSA) is 12.0 Å². The molecule has 1 saturated heterocycles. The summed E-state index contributed by atoms with van der Waals surface area (Å²) < 4.78 is 27.4. The van der Waals surface area contributed by atoms with Gasteiger partial charge in [-0.3, -0.25) is 0 Å². The molecule has 0 radical (unpaired) electrons. The lowest BCUT2D eigenvalue weighted by molar-refractivity contribution is -0.161. The van der Waals surface area contributed by atoms with Crippen molar-refractivity contribution in [1.82, 2.24) is 5.32 Å². The summed E-state index contributed by atoms with van der Waals surface area (Å²) in [5.74, 6) is -2.40. The molecule has 1 nitrogen and oxygen atoms in total. The summed E-state index contributed by atoms with van der Waals surface area (Å²) in [6.45, 7) is 1.55. The van der Waals surface area contributed by atoms with Crippen molar-refractivity contribution in [3.05, 3.63) is 0 Å². The Morgan fingerprint density at radius 2 is 1.46 bits per heavy atom. The second-order valence-corrected chi connectivity index (χ2v) is 4.44. The third-order valence-electron chi connectivity index (χ3n) is 3.73. The molecule has 2 aliphatic rings. The Bertz CT molecular complexity index is 177. The summed E-state index contributed by atoms with van der Waals surface area (Å²) >= 11 is 0. The van der Waals surface area contributed by atoms with Gasteiger partial charge in [-0.2, -0.15) is 0 Å². The van der Waals surface area contributed by atoms with E-state index in [4.69, 9.17) is 0 Å². The van der Waals surface area contributed by atoms with Crippen LogP contribution in [0.25, 0.3) is 0 Å². The third-order valence-corrected chi connectivity index (χ3v) is 3.73. The summed E-state index contributed by atoms with van der Waals surface area (Å²) in [4.78, 5) is 0. The molecule has 1 N–H and O–H groups in total. The molecule has 1 heterocycles. The minimum absolute atomic E-state index is 0.118. The summed E-state index contributed by atoms with van der Waals surface area (Å²) in [7, 11) is 0. The molecular formula is C10H17F2N. The predicted molar refractivity (Wildman–Crippen MR) is 48.0 cm³/mol. The van der Waals surface area contributed by atoms with Gasteiger partial charge in [0, 0.05) is 11.8 Å². The molecule has 3 heteroatoms. The van der Waals surface area contributed by atoms with Gasteiger partial charge in [-0.1, -0.05) is 6.42 Å². The molecule has 2 fully saturated rings. The predicted octanol–water partition coefficient (Wildman–Crippen LogP) is 2.57. The lowest BCUT2D eigenvalue weighted by Crippen LogP contribution is -2.50. The Labute approximate surface area is 77.9 Å². The van der Waals surface area contributed by atoms with Crippen LogP contribution in [0.3, 0.4) is 0 Å². The molecule has 0 amide bonds. The second-order valence-electron chi connectivity index (χ2n) is 4.44. The first-order chi connectivity index (χ1) is 6.16. The summed E-state index contributed by atoms with van der Waals surface area (Å²) in [6.07, 6.45) is 3.90. The Kier molecular flexibility index (Phi) is 2.30. The summed E-state index contributed by atoms with van der Waals surface area (Å²) in [5.41, 5.74) is -0.642. The van der Waals surface area contributed by atoms with Gasteiger partial charge in [-0.05, 0) is 38.8 Å². The number of piperidine rings is 1. The maximum absolute atomic E-state index is 13.7. The largest absolute Gasteiger partial charge is 0.317 e. The maximum atomic E-state index is 13.7. The van der Waals surface area contributed by atoms with Crippen molar-refractivity contribution in [2.75, 3.05) is 13.1 Å². The van der Waals surface area contributed by atoms with Crippen LogP contribution in [-0.2, 0) is 0 Å². The molecule has 0 aromatic carbocycles. The number of rotatable bonds is 0. The molecule has 0 aromatic heterocycles. The lowest BCUT2D eigenvalue weighted by atomic mass is 9.66. The van der Waals surface area contributed by atoms with Gasteiger partial charge in [0.15, 0.2) is 0 Å². The first-order valence-corrected chi connectivity index (χ1v) is 5.25. The molecule has 2 rings (SSSR count). The highest BCUT2D eigenvalue weighted by molar-refractivity contribution is 4.98. The fourth-order valence-corrected chi connectivity index (χ4v) is 2.78. The standard InChI is InChI=1S/C10H17F2N/c11-10(12)4-2-1-3-9(10)5-7-13-8-6-9/h13H,1-8H2. The lowest BCUT2D eigenvalue weighted by Gasteiger charge is -2.46. The van der Waals surface area contributed by atoms with E-state index < -0.39 is 11.3 Å². The van der Waals surface area contributed by atoms with E-state index in [1.807, 2.05) is 0 Å². The first kappa shape index (κ1) is 9.38. The molecule has 76 valence electrons. The molecule has 13 heavy (non-hydrogen) atoms. The Morgan fingerprint density at radius 3 is 2.08 bits per heavy atom. The van der Waals surface area contributed by atoms with E-state index in [0.717, 1.165) is 25.9 Å². The third kappa shape index (κ3) is 1.47. The zero-order chi connectivity index (χ0) is 9.36. The molecular weight excluding hydrogens is 172 g/mol. The molecule has 1 aliphatic heterocycles. The molecule has 0 aromatic rings. The van der Waals surface area contributed by atoms with Crippen molar-refractivity contribution in [2.24, 2.45) is 5.41 Å². The van der Waals surface area contributed by atoms with Crippen LogP contribution in [0.5, 0.6) is 0 Å². The van der Waals surface area contributed by atoms with E-state index in [0.29, 0.717) is 19.3 Å². The van der Waals surface area contributed by atoms with Crippen LogP contribution in [0.4, 0.5) is 8.78 Å². The van der Waals surface area contributed by atoms with Gasteiger partial charge in [0.1, 0.15) is 0 Å². The second kappa shape index (κ2) is 3.19. The minimum Gasteiger partial charge on any atom is -0.317 e. The van der Waals surface area contributed by atoms with Crippen molar-refractivity contribution >= 4 is 0 Å². The fourth-order valence-electron chi connectivity index (χ4n) is 2.78. The van der Waals surface area contributed by atoms with Crippen LogP contribution < -0.4 is 5.32 Å². The average molecular weight is 189 g/mol. The van der Waals surface area contributed by atoms with Gasteiger partial charge in [-0.15, -0.1) is 0 Å². The quantitative estimate of drug-likeness (QED) is 0.617. The van der Waals surface area contributed by atoms with Gasteiger partial charge in [0.05, 0.1) is 0 Å². The van der Waals surface area contributed by atoms with E-state index in [-0.39, 0.29) is 6.42 Å². The van der Waals surface area contributed by atoms with Gasteiger partial charge < -0.3 is 5.32 Å². The normalized spacial score (nSPS) is 31.8. The number of hydrogen-bond acceptors (Lipinski definition) is 1. The average Bonchev–Trinajstić information content (AvgIpc) is 2.12. The van der Waals surface area contributed by atoms with E-state index in [2.05, 4.69) is 5.32 Å². The van der Waals surface area contributed by atoms with Crippen molar-refractivity contribution in [2.45, 2.75) is 44.4 Å². The zero-order valence-electron chi connectivity index (χ0n) is 7.91. The number of alkyl halides is 2. The number of hydrogen-bond donors (Lipinski definition) is 1. The fraction of sp³-hybridized carbons (Fsp3) is 1.00. The van der Waals surface area contributed by atoms with Gasteiger partial charge in [0.2, 0.25) is 0 Å². The van der Waals surface area contributed by atoms with Gasteiger partial charge in [-0.25, -0.2) is 8.78 Å². The minimum atomic E-state index is -2.40. The first-order valence-electron chi connectivity index (χ1n) is 5.25. The molecule has 0 unspecified atom stereocenters. The van der Waals surface area contributed by atoms with E-state index in [1.54, 1.807) is 0 Å². The van der Waals surface area contributed by atoms with Crippen LogP contribution >= 0.6 is 0 Å². The Balaban J connectivity index is 2.16. The molecule has 1 aliphatic carbocycles. The highest BCUT2D eigenvalue weighted by Crippen LogP contribution is 2.53. The molecule has 0 bridgehead atoms. The highest BCUT2D eigenvalue weighted by atomic mass is 19.3. The van der Waals surface area contributed by atoms with Crippen molar-refractivity contribution in [1.29, 1.82) is 0 Å². The number of nitrogens with one attached hydrogen (secondary N) is 1. The smallest absolute Gasteiger partial charge is 0.253 e. The van der Waals surface area contributed by atoms with Crippen molar-refractivity contribution in [3.8, 4) is 0 Å². The Hall–Kier alpha value is -0.180.